The number of hydrogen-bond donors (Lipinski definition) is 1. The molecule has 0 unspecified atom stereocenters. The van der Waals surface area contributed by atoms with Crippen molar-refractivity contribution in [1.29, 1.82) is 0 Å². The maximum atomic E-state index is 12.1. The van der Waals surface area contributed by atoms with Crippen molar-refractivity contribution in [3.05, 3.63) is 45.8 Å². The summed E-state index contributed by atoms with van der Waals surface area (Å²) < 4.78 is 5.33. The lowest BCUT2D eigenvalue weighted by molar-refractivity contribution is 0.0951. The summed E-state index contributed by atoms with van der Waals surface area (Å²) in [4.78, 5) is 21.1. The summed E-state index contributed by atoms with van der Waals surface area (Å²) in [6.45, 7) is 5.76. The van der Waals surface area contributed by atoms with E-state index in [0.717, 1.165) is 37.0 Å². The smallest absolute Gasteiger partial charge is 0.253 e. The number of rotatable bonds is 4. The van der Waals surface area contributed by atoms with E-state index in [2.05, 4.69) is 28.2 Å². The number of aryl methyl sites for hydroxylation is 1. The standard InChI is InChI=1S/C16H19N3O2S/c1-12-2-4-14(22-12)11-18-16(20)13-3-5-15(17-10-13)19-6-8-21-9-7-19/h2-5,10H,6-9,11H2,1H3,(H,18,20). The zero-order valence-corrected chi connectivity index (χ0v) is 13.4. The third kappa shape index (κ3) is 3.64. The molecule has 0 spiro atoms. The van der Waals surface area contributed by atoms with Gasteiger partial charge in [-0.2, -0.15) is 0 Å². The second-order valence-electron chi connectivity index (χ2n) is 5.20. The third-order valence-corrected chi connectivity index (χ3v) is 4.56. The summed E-state index contributed by atoms with van der Waals surface area (Å²) in [5.74, 6) is 0.806. The number of pyridine rings is 1. The molecule has 1 fully saturated rings. The van der Waals surface area contributed by atoms with Gasteiger partial charge >= 0.3 is 0 Å². The van der Waals surface area contributed by atoms with Crippen molar-refractivity contribution >= 4 is 23.1 Å². The number of aromatic nitrogens is 1. The molecule has 3 rings (SSSR count). The minimum absolute atomic E-state index is 0.0907. The maximum absolute atomic E-state index is 12.1. The molecule has 22 heavy (non-hydrogen) atoms. The summed E-state index contributed by atoms with van der Waals surface area (Å²) in [7, 11) is 0. The van der Waals surface area contributed by atoms with Gasteiger partial charge in [0.25, 0.3) is 5.91 Å². The first kappa shape index (κ1) is 15.0. The number of carbonyl (C=O) groups excluding carboxylic acids is 1. The number of nitrogens with one attached hydrogen (secondary N) is 1. The fourth-order valence-electron chi connectivity index (χ4n) is 2.35. The van der Waals surface area contributed by atoms with Crippen molar-refractivity contribution < 1.29 is 9.53 Å². The molecule has 1 N–H and O–H groups in total. The van der Waals surface area contributed by atoms with E-state index in [1.807, 2.05) is 18.2 Å². The van der Waals surface area contributed by atoms with Gasteiger partial charge in [-0.05, 0) is 31.2 Å². The van der Waals surface area contributed by atoms with E-state index in [-0.39, 0.29) is 5.91 Å². The lowest BCUT2D eigenvalue weighted by Crippen LogP contribution is -2.36. The molecule has 3 heterocycles. The van der Waals surface area contributed by atoms with Gasteiger partial charge < -0.3 is 15.0 Å². The van der Waals surface area contributed by atoms with Gasteiger partial charge in [0.15, 0.2) is 0 Å². The molecule has 6 heteroatoms. The zero-order valence-electron chi connectivity index (χ0n) is 12.5. The van der Waals surface area contributed by atoms with Crippen LogP contribution in [-0.4, -0.2) is 37.2 Å². The van der Waals surface area contributed by atoms with Crippen molar-refractivity contribution in [1.82, 2.24) is 10.3 Å². The van der Waals surface area contributed by atoms with Crippen LogP contribution in [0.1, 0.15) is 20.1 Å². The van der Waals surface area contributed by atoms with Gasteiger partial charge in [-0.25, -0.2) is 4.98 Å². The molecule has 1 amide bonds. The number of nitrogens with zero attached hydrogens (tertiary/aromatic N) is 2. The number of ether oxygens (including phenoxy) is 1. The van der Waals surface area contributed by atoms with E-state index in [1.54, 1.807) is 17.5 Å². The maximum Gasteiger partial charge on any atom is 0.253 e. The molecule has 1 saturated heterocycles. The Morgan fingerprint density at radius 2 is 2.14 bits per heavy atom. The number of thiophene rings is 1. The normalized spacial score (nSPS) is 14.9. The molecule has 2 aromatic rings. The molecule has 0 aromatic carbocycles. The number of morpholine rings is 1. The largest absolute Gasteiger partial charge is 0.378 e. The minimum Gasteiger partial charge on any atom is -0.378 e. The molecular weight excluding hydrogens is 298 g/mol. The summed E-state index contributed by atoms with van der Waals surface area (Å²) in [5, 5.41) is 2.93. The van der Waals surface area contributed by atoms with Crippen molar-refractivity contribution in [2.75, 3.05) is 31.2 Å². The first-order valence-electron chi connectivity index (χ1n) is 7.34. The molecule has 1 aliphatic rings. The van der Waals surface area contributed by atoms with Crippen LogP contribution >= 0.6 is 11.3 Å². The van der Waals surface area contributed by atoms with E-state index in [0.29, 0.717) is 12.1 Å². The van der Waals surface area contributed by atoms with Gasteiger partial charge in [-0.3, -0.25) is 4.79 Å². The highest BCUT2D eigenvalue weighted by atomic mass is 32.1. The Kier molecular flexibility index (Phi) is 4.70. The average molecular weight is 317 g/mol. The molecule has 0 saturated carbocycles. The van der Waals surface area contributed by atoms with Crippen molar-refractivity contribution in [2.24, 2.45) is 0 Å². The lowest BCUT2D eigenvalue weighted by atomic mass is 10.2. The van der Waals surface area contributed by atoms with Crippen molar-refractivity contribution in [3.63, 3.8) is 0 Å². The van der Waals surface area contributed by atoms with Crippen LogP contribution in [0.25, 0.3) is 0 Å². The third-order valence-electron chi connectivity index (χ3n) is 3.56. The first-order valence-corrected chi connectivity index (χ1v) is 8.16. The van der Waals surface area contributed by atoms with Crippen LogP contribution in [0.15, 0.2) is 30.5 Å². The van der Waals surface area contributed by atoms with Crippen LogP contribution in [-0.2, 0) is 11.3 Å². The van der Waals surface area contributed by atoms with E-state index < -0.39 is 0 Å². The summed E-state index contributed by atoms with van der Waals surface area (Å²) in [6.07, 6.45) is 1.64. The Morgan fingerprint density at radius 3 is 2.77 bits per heavy atom. The van der Waals surface area contributed by atoms with Gasteiger partial charge in [0.2, 0.25) is 0 Å². The molecule has 5 nitrogen and oxygen atoms in total. The first-order chi connectivity index (χ1) is 10.7. The Morgan fingerprint density at radius 1 is 1.32 bits per heavy atom. The summed E-state index contributed by atoms with van der Waals surface area (Å²) in [5.41, 5.74) is 0.588. The van der Waals surface area contributed by atoms with Crippen LogP contribution in [0, 0.1) is 6.92 Å². The second kappa shape index (κ2) is 6.89. The second-order valence-corrected chi connectivity index (χ2v) is 6.57. The average Bonchev–Trinajstić information content (AvgIpc) is 2.99. The molecule has 116 valence electrons. The molecule has 2 aromatic heterocycles. The fourth-order valence-corrected chi connectivity index (χ4v) is 3.18. The molecule has 0 atom stereocenters. The van der Waals surface area contributed by atoms with Gasteiger partial charge in [0, 0.05) is 29.0 Å². The van der Waals surface area contributed by atoms with Crippen LogP contribution < -0.4 is 10.2 Å². The highest BCUT2D eigenvalue weighted by molar-refractivity contribution is 7.11. The fraction of sp³-hybridized carbons (Fsp3) is 0.375. The molecule has 0 bridgehead atoms. The van der Waals surface area contributed by atoms with Gasteiger partial charge in [-0.1, -0.05) is 0 Å². The van der Waals surface area contributed by atoms with Crippen LogP contribution in [0.2, 0.25) is 0 Å². The van der Waals surface area contributed by atoms with Crippen molar-refractivity contribution in [3.8, 4) is 0 Å². The topological polar surface area (TPSA) is 54.5 Å². The predicted molar refractivity (Wildman–Crippen MR) is 87.5 cm³/mol. The number of hydrogen-bond acceptors (Lipinski definition) is 5. The van der Waals surface area contributed by atoms with Crippen LogP contribution in [0.4, 0.5) is 5.82 Å². The number of anilines is 1. The summed E-state index contributed by atoms with van der Waals surface area (Å²) in [6, 6.07) is 7.83. The molecule has 0 radical (unpaired) electrons. The van der Waals surface area contributed by atoms with Gasteiger partial charge in [-0.15, -0.1) is 11.3 Å². The van der Waals surface area contributed by atoms with Crippen molar-refractivity contribution in [2.45, 2.75) is 13.5 Å². The van der Waals surface area contributed by atoms with Crippen LogP contribution in [0.5, 0.6) is 0 Å². The monoisotopic (exact) mass is 317 g/mol. The SMILES string of the molecule is Cc1ccc(CNC(=O)c2ccc(N3CCOCC3)nc2)s1. The Hall–Kier alpha value is -1.92. The highest BCUT2D eigenvalue weighted by Gasteiger charge is 2.13. The van der Waals surface area contributed by atoms with E-state index >= 15 is 0 Å². The van der Waals surface area contributed by atoms with E-state index in [1.165, 1.54) is 4.88 Å². The Labute approximate surface area is 133 Å². The molecule has 0 aliphatic carbocycles. The Balaban J connectivity index is 1.58. The summed E-state index contributed by atoms with van der Waals surface area (Å²) >= 11 is 1.70. The molecule has 1 aliphatic heterocycles. The zero-order chi connectivity index (χ0) is 15.4. The van der Waals surface area contributed by atoms with E-state index in [4.69, 9.17) is 4.74 Å². The van der Waals surface area contributed by atoms with Gasteiger partial charge in [0.1, 0.15) is 5.82 Å². The highest BCUT2D eigenvalue weighted by Crippen LogP contribution is 2.15. The predicted octanol–water partition coefficient (Wildman–Crippen LogP) is 2.22. The lowest BCUT2D eigenvalue weighted by Gasteiger charge is -2.27. The Bertz CT molecular complexity index is 633. The molecular formula is C16H19N3O2S. The minimum atomic E-state index is -0.0907. The number of carbonyl (C=O) groups is 1. The quantitative estimate of drug-likeness (QED) is 0.939. The van der Waals surface area contributed by atoms with Gasteiger partial charge in [0.05, 0.1) is 25.3 Å². The van der Waals surface area contributed by atoms with E-state index in [9.17, 15) is 4.79 Å². The van der Waals surface area contributed by atoms with Crippen LogP contribution in [0.3, 0.4) is 0 Å². The number of amides is 1.